The molecular formula is C30H26N4O4. The van der Waals surface area contributed by atoms with E-state index in [4.69, 9.17) is 14.5 Å². The number of fused-ring (bicyclic) bond motifs is 2. The first-order valence-corrected chi connectivity index (χ1v) is 12.5. The average molecular weight is 507 g/mol. The molecule has 190 valence electrons. The predicted octanol–water partition coefficient (Wildman–Crippen LogP) is 5.70. The lowest BCUT2D eigenvalue weighted by Crippen LogP contribution is -2.47. The maximum absolute atomic E-state index is 13.1. The molecular weight excluding hydrogens is 480 g/mol. The Morgan fingerprint density at radius 1 is 0.868 bits per heavy atom. The SMILES string of the molecule is O=C(Nc1ccccc1-c1nc2cc(CN3CCN(C(=O)O)CC3)ccc2o1)c1ccc2ccccc2c1. The minimum Gasteiger partial charge on any atom is -0.465 e. The number of nitrogens with zero attached hydrogens (tertiary/aromatic N) is 3. The smallest absolute Gasteiger partial charge is 0.407 e. The van der Waals surface area contributed by atoms with Crippen molar-refractivity contribution in [1.82, 2.24) is 14.8 Å². The number of oxazole rings is 1. The fraction of sp³-hybridized carbons (Fsp3) is 0.167. The van der Waals surface area contributed by atoms with Gasteiger partial charge in [-0.2, -0.15) is 0 Å². The van der Waals surface area contributed by atoms with Crippen LogP contribution in [0, 0.1) is 0 Å². The Bertz CT molecular complexity index is 1650. The standard InChI is InChI=1S/C30H26N4O4/c35-28(23-11-10-21-5-1-2-6-22(21)18-23)31-25-8-4-3-7-24(25)29-32-26-17-20(9-12-27(26)38-29)19-33-13-15-34(16-14-33)30(36)37/h1-12,17-18H,13-16,19H2,(H,31,35)(H,36,37). The predicted molar refractivity (Wildman–Crippen MR) is 146 cm³/mol. The fourth-order valence-electron chi connectivity index (χ4n) is 4.85. The summed E-state index contributed by atoms with van der Waals surface area (Å²) in [5.74, 6) is 0.228. The van der Waals surface area contributed by atoms with E-state index in [1.165, 1.54) is 4.90 Å². The number of nitrogens with one attached hydrogen (secondary N) is 1. The summed E-state index contributed by atoms with van der Waals surface area (Å²) in [5.41, 5.74) is 4.37. The van der Waals surface area contributed by atoms with Gasteiger partial charge in [-0.25, -0.2) is 9.78 Å². The highest BCUT2D eigenvalue weighted by Crippen LogP contribution is 2.31. The first kappa shape index (κ1) is 23.7. The topological polar surface area (TPSA) is 98.9 Å². The van der Waals surface area contributed by atoms with E-state index in [0.717, 1.165) is 21.9 Å². The van der Waals surface area contributed by atoms with Crippen molar-refractivity contribution in [3.63, 3.8) is 0 Å². The summed E-state index contributed by atoms with van der Waals surface area (Å²) >= 11 is 0. The van der Waals surface area contributed by atoms with Crippen LogP contribution >= 0.6 is 0 Å². The molecule has 0 spiro atoms. The zero-order valence-electron chi connectivity index (χ0n) is 20.6. The van der Waals surface area contributed by atoms with Gasteiger partial charge in [0, 0.05) is 38.3 Å². The Morgan fingerprint density at radius 3 is 2.45 bits per heavy atom. The monoisotopic (exact) mass is 506 g/mol. The highest BCUT2D eigenvalue weighted by Gasteiger charge is 2.21. The van der Waals surface area contributed by atoms with Crippen LogP contribution < -0.4 is 5.32 Å². The van der Waals surface area contributed by atoms with Crippen LogP contribution in [0.1, 0.15) is 15.9 Å². The van der Waals surface area contributed by atoms with Gasteiger partial charge in [-0.15, -0.1) is 0 Å². The number of hydrogen-bond donors (Lipinski definition) is 2. The Hall–Kier alpha value is -4.69. The molecule has 0 atom stereocenters. The van der Waals surface area contributed by atoms with E-state index in [1.807, 2.05) is 84.9 Å². The molecule has 2 heterocycles. The molecule has 1 fully saturated rings. The van der Waals surface area contributed by atoms with Crippen molar-refractivity contribution in [3.05, 3.63) is 96.1 Å². The van der Waals surface area contributed by atoms with Gasteiger partial charge < -0.3 is 19.7 Å². The van der Waals surface area contributed by atoms with Crippen molar-refractivity contribution in [2.75, 3.05) is 31.5 Å². The van der Waals surface area contributed by atoms with E-state index >= 15 is 0 Å². The summed E-state index contributed by atoms with van der Waals surface area (Å²) in [5, 5.41) is 14.3. The summed E-state index contributed by atoms with van der Waals surface area (Å²) in [4.78, 5) is 32.7. The fourth-order valence-corrected chi connectivity index (χ4v) is 4.85. The molecule has 38 heavy (non-hydrogen) atoms. The largest absolute Gasteiger partial charge is 0.465 e. The van der Waals surface area contributed by atoms with Crippen molar-refractivity contribution >= 4 is 39.6 Å². The van der Waals surface area contributed by atoms with Gasteiger partial charge in [-0.1, -0.05) is 48.5 Å². The van der Waals surface area contributed by atoms with Crippen LogP contribution in [-0.4, -0.2) is 58.1 Å². The van der Waals surface area contributed by atoms with Gasteiger partial charge in [-0.3, -0.25) is 9.69 Å². The number of piperazine rings is 1. The number of aromatic nitrogens is 1. The van der Waals surface area contributed by atoms with Gasteiger partial charge in [0.15, 0.2) is 5.58 Å². The third kappa shape index (κ3) is 4.81. The summed E-state index contributed by atoms with van der Waals surface area (Å²) in [6.45, 7) is 3.11. The number of anilines is 1. The Kier molecular flexibility index (Phi) is 6.23. The van der Waals surface area contributed by atoms with E-state index in [9.17, 15) is 9.59 Å². The molecule has 2 N–H and O–H groups in total. The van der Waals surface area contributed by atoms with Crippen LogP contribution in [0.4, 0.5) is 10.5 Å². The summed E-state index contributed by atoms with van der Waals surface area (Å²) in [7, 11) is 0. The van der Waals surface area contributed by atoms with Gasteiger partial charge in [0.25, 0.3) is 5.91 Å². The van der Waals surface area contributed by atoms with E-state index < -0.39 is 6.09 Å². The van der Waals surface area contributed by atoms with E-state index in [1.54, 1.807) is 0 Å². The Balaban J connectivity index is 1.21. The number of benzene rings is 4. The second-order valence-electron chi connectivity index (χ2n) is 9.43. The molecule has 6 rings (SSSR count). The van der Waals surface area contributed by atoms with Crippen molar-refractivity contribution in [3.8, 4) is 11.5 Å². The molecule has 8 heteroatoms. The molecule has 5 aromatic rings. The molecule has 4 aromatic carbocycles. The van der Waals surface area contributed by atoms with Crippen LogP contribution in [0.25, 0.3) is 33.3 Å². The first-order chi connectivity index (χ1) is 18.5. The summed E-state index contributed by atoms with van der Waals surface area (Å²) in [6.07, 6.45) is -0.866. The van der Waals surface area contributed by atoms with Crippen LogP contribution in [0.15, 0.2) is 89.3 Å². The molecule has 8 nitrogen and oxygen atoms in total. The number of para-hydroxylation sites is 1. The quantitative estimate of drug-likeness (QED) is 0.317. The molecule has 1 aliphatic heterocycles. The molecule has 2 amide bonds. The molecule has 0 radical (unpaired) electrons. The molecule has 1 aromatic heterocycles. The zero-order valence-corrected chi connectivity index (χ0v) is 20.6. The van der Waals surface area contributed by atoms with Crippen molar-refractivity contribution < 1.29 is 19.1 Å². The Morgan fingerprint density at radius 2 is 1.63 bits per heavy atom. The number of carboxylic acid groups (broad SMARTS) is 1. The molecule has 0 aliphatic carbocycles. The zero-order chi connectivity index (χ0) is 26.1. The van der Waals surface area contributed by atoms with E-state index in [-0.39, 0.29) is 5.91 Å². The second-order valence-corrected chi connectivity index (χ2v) is 9.43. The minimum atomic E-state index is -0.866. The van der Waals surface area contributed by atoms with E-state index in [2.05, 4.69) is 10.2 Å². The molecule has 0 bridgehead atoms. The lowest BCUT2D eigenvalue weighted by molar-refractivity contribution is 0.102. The average Bonchev–Trinajstić information content (AvgIpc) is 3.36. The number of rotatable bonds is 5. The third-order valence-corrected chi connectivity index (χ3v) is 6.92. The van der Waals surface area contributed by atoms with Gasteiger partial charge in [0.1, 0.15) is 5.52 Å². The minimum absolute atomic E-state index is 0.204. The van der Waals surface area contributed by atoms with Gasteiger partial charge in [0.05, 0.1) is 11.3 Å². The van der Waals surface area contributed by atoms with Crippen LogP contribution in [0.2, 0.25) is 0 Å². The van der Waals surface area contributed by atoms with Gasteiger partial charge >= 0.3 is 6.09 Å². The normalized spacial score (nSPS) is 14.2. The van der Waals surface area contributed by atoms with Crippen LogP contribution in [0.3, 0.4) is 0 Å². The molecule has 0 saturated carbocycles. The lowest BCUT2D eigenvalue weighted by Gasteiger charge is -2.33. The first-order valence-electron chi connectivity index (χ1n) is 12.5. The summed E-state index contributed by atoms with van der Waals surface area (Å²) in [6, 6.07) is 27.0. The molecule has 1 saturated heterocycles. The van der Waals surface area contributed by atoms with Crippen molar-refractivity contribution in [2.24, 2.45) is 0 Å². The summed E-state index contributed by atoms with van der Waals surface area (Å²) < 4.78 is 6.08. The number of carbonyl (C=O) groups is 2. The Labute approximate surface area is 219 Å². The van der Waals surface area contributed by atoms with E-state index in [0.29, 0.717) is 61.0 Å². The number of carbonyl (C=O) groups excluding carboxylic acids is 1. The number of amides is 2. The van der Waals surface area contributed by atoms with Crippen LogP contribution in [0.5, 0.6) is 0 Å². The lowest BCUT2D eigenvalue weighted by atomic mass is 10.1. The van der Waals surface area contributed by atoms with Crippen LogP contribution in [-0.2, 0) is 6.54 Å². The highest BCUT2D eigenvalue weighted by atomic mass is 16.4. The van der Waals surface area contributed by atoms with Crippen molar-refractivity contribution in [1.29, 1.82) is 0 Å². The molecule has 0 unspecified atom stereocenters. The third-order valence-electron chi connectivity index (χ3n) is 6.92. The second kappa shape index (κ2) is 9.99. The maximum Gasteiger partial charge on any atom is 0.407 e. The molecule has 1 aliphatic rings. The highest BCUT2D eigenvalue weighted by molar-refractivity contribution is 6.08. The maximum atomic E-state index is 13.1. The van der Waals surface area contributed by atoms with Crippen molar-refractivity contribution in [2.45, 2.75) is 6.54 Å². The van der Waals surface area contributed by atoms with Gasteiger partial charge in [-0.05, 0) is 52.7 Å². The van der Waals surface area contributed by atoms with Gasteiger partial charge in [0.2, 0.25) is 5.89 Å². The number of hydrogen-bond acceptors (Lipinski definition) is 5.